The molecule has 7 nitrogen and oxygen atoms in total. The number of furan rings is 1. The average Bonchev–Trinajstić information content (AvgIpc) is 3.09. The summed E-state index contributed by atoms with van der Waals surface area (Å²) in [6.45, 7) is 3.76. The minimum atomic E-state index is -0.678. The summed E-state index contributed by atoms with van der Waals surface area (Å²) in [5.74, 6) is -0.136. The molecule has 128 valence electrons. The van der Waals surface area contributed by atoms with Gasteiger partial charge in [-0.05, 0) is 43.2 Å². The summed E-state index contributed by atoms with van der Waals surface area (Å²) in [6, 6.07) is 8.81. The van der Waals surface area contributed by atoms with Crippen LogP contribution in [-0.4, -0.2) is 15.5 Å². The predicted molar refractivity (Wildman–Crippen MR) is 93.0 cm³/mol. The van der Waals surface area contributed by atoms with Crippen molar-refractivity contribution in [3.63, 3.8) is 0 Å². The highest BCUT2D eigenvalue weighted by atomic mass is 16.3. The van der Waals surface area contributed by atoms with E-state index in [4.69, 9.17) is 4.42 Å². The van der Waals surface area contributed by atoms with Gasteiger partial charge in [0.2, 0.25) is 0 Å². The molecule has 1 aromatic carbocycles. The molecule has 0 saturated carbocycles. The number of rotatable bonds is 4. The second-order valence-corrected chi connectivity index (χ2v) is 5.68. The highest BCUT2D eigenvalue weighted by Gasteiger charge is 2.16. The number of benzene rings is 1. The van der Waals surface area contributed by atoms with Crippen LogP contribution in [0.1, 0.15) is 27.2 Å². The molecule has 0 atom stereocenters. The van der Waals surface area contributed by atoms with Gasteiger partial charge in [0.25, 0.3) is 11.5 Å². The maximum atomic E-state index is 12.5. The summed E-state index contributed by atoms with van der Waals surface area (Å²) < 4.78 is 6.09. The summed E-state index contributed by atoms with van der Waals surface area (Å²) in [7, 11) is 0. The Morgan fingerprint density at radius 2 is 2.00 bits per heavy atom. The van der Waals surface area contributed by atoms with Gasteiger partial charge in [-0.3, -0.25) is 14.2 Å². The van der Waals surface area contributed by atoms with E-state index in [0.717, 1.165) is 21.9 Å². The Morgan fingerprint density at radius 3 is 2.72 bits per heavy atom. The zero-order valence-corrected chi connectivity index (χ0v) is 13.8. The molecule has 0 bridgehead atoms. The van der Waals surface area contributed by atoms with Crippen molar-refractivity contribution < 1.29 is 9.21 Å². The summed E-state index contributed by atoms with van der Waals surface area (Å²) >= 11 is 0. The summed E-state index contributed by atoms with van der Waals surface area (Å²) in [4.78, 5) is 39.4. The summed E-state index contributed by atoms with van der Waals surface area (Å²) in [5.41, 5.74) is 1.12. The van der Waals surface area contributed by atoms with Crippen LogP contribution >= 0.6 is 0 Å². The molecule has 3 aromatic rings. The quantitative estimate of drug-likeness (QED) is 0.760. The van der Waals surface area contributed by atoms with Gasteiger partial charge in [-0.1, -0.05) is 12.1 Å². The number of hydrogen-bond acceptors (Lipinski definition) is 4. The van der Waals surface area contributed by atoms with E-state index in [-0.39, 0.29) is 12.1 Å². The molecule has 0 unspecified atom stereocenters. The zero-order chi connectivity index (χ0) is 18.0. The number of nitrogens with zero attached hydrogens (tertiary/aromatic N) is 1. The first-order chi connectivity index (χ1) is 12.0. The second-order valence-electron chi connectivity index (χ2n) is 5.68. The monoisotopic (exact) mass is 339 g/mol. The third-order valence-corrected chi connectivity index (χ3v) is 4.05. The molecule has 0 aliphatic carbocycles. The molecule has 0 radical (unpaired) electrons. The first-order valence-electron chi connectivity index (χ1n) is 7.70. The number of anilines is 1. The molecule has 0 fully saturated rings. The fourth-order valence-electron chi connectivity index (χ4n) is 2.45. The lowest BCUT2D eigenvalue weighted by molar-refractivity contribution is 0.102. The molecule has 7 heteroatoms. The zero-order valence-electron chi connectivity index (χ0n) is 13.8. The van der Waals surface area contributed by atoms with Gasteiger partial charge in [-0.2, -0.15) is 0 Å². The molecule has 2 aromatic heterocycles. The molecule has 0 spiro atoms. The molecule has 0 aliphatic rings. The molecule has 2 heterocycles. The highest BCUT2D eigenvalue weighted by Crippen LogP contribution is 2.18. The van der Waals surface area contributed by atoms with Crippen LogP contribution in [-0.2, 0) is 6.54 Å². The Hall–Kier alpha value is -3.35. The minimum absolute atomic E-state index is 0.0498. The number of aromatic nitrogens is 2. The Morgan fingerprint density at radius 1 is 1.20 bits per heavy atom. The molecule has 25 heavy (non-hydrogen) atoms. The Labute approximate surface area is 142 Å². The van der Waals surface area contributed by atoms with Gasteiger partial charge in [0.1, 0.15) is 11.3 Å². The lowest BCUT2D eigenvalue weighted by Crippen LogP contribution is -2.39. The normalized spacial score (nSPS) is 10.6. The van der Waals surface area contributed by atoms with Crippen molar-refractivity contribution in [2.24, 2.45) is 0 Å². The van der Waals surface area contributed by atoms with E-state index in [1.165, 1.54) is 6.26 Å². The summed E-state index contributed by atoms with van der Waals surface area (Å²) in [5, 5.41) is 2.72. The van der Waals surface area contributed by atoms with Gasteiger partial charge in [0.05, 0.1) is 12.8 Å². The first-order valence-corrected chi connectivity index (χ1v) is 7.70. The van der Waals surface area contributed by atoms with Gasteiger partial charge in [0.15, 0.2) is 0 Å². The van der Waals surface area contributed by atoms with Crippen molar-refractivity contribution in [2.75, 3.05) is 5.32 Å². The smallest absolute Gasteiger partial charge is 0.328 e. The number of aryl methyl sites for hydroxylation is 1. The second kappa shape index (κ2) is 6.64. The van der Waals surface area contributed by atoms with Crippen molar-refractivity contribution in [3.8, 4) is 0 Å². The van der Waals surface area contributed by atoms with Gasteiger partial charge >= 0.3 is 5.69 Å². The van der Waals surface area contributed by atoms with Crippen LogP contribution in [0, 0.1) is 13.8 Å². The van der Waals surface area contributed by atoms with Crippen LogP contribution in [0.25, 0.3) is 0 Å². The van der Waals surface area contributed by atoms with E-state index in [1.807, 2.05) is 26.0 Å². The Balaban J connectivity index is 1.94. The average molecular weight is 339 g/mol. The van der Waals surface area contributed by atoms with Gasteiger partial charge in [-0.25, -0.2) is 4.79 Å². The SMILES string of the molecule is Cc1cccc(NC(=O)c2c[nH]c(=O)n(Cc3ccco3)c2=O)c1C. The van der Waals surface area contributed by atoms with Crippen LogP contribution in [0.15, 0.2) is 56.8 Å². The van der Waals surface area contributed by atoms with Gasteiger partial charge in [-0.15, -0.1) is 0 Å². The van der Waals surface area contributed by atoms with Gasteiger partial charge < -0.3 is 14.7 Å². The van der Waals surface area contributed by atoms with Crippen LogP contribution < -0.4 is 16.6 Å². The largest absolute Gasteiger partial charge is 0.467 e. The third kappa shape index (κ3) is 3.30. The van der Waals surface area contributed by atoms with E-state index in [0.29, 0.717) is 11.4 Å². The number of hydrogen-bond donors (Lipinski definition) is 2. The number of H-pyrrole nitrogens is 1. The van der Waals surface area contributed by atoms with E-state index < -0.39 is 17.2 Å². The molecule has 0 saturated heterocycles. The fourth-order valence-corrected chi connectivity index (χ4v) is 2.45. The van der Waals surface area contributed by atoms with Crippen LogP contribution in [0.5, 0.6) is 0 Å². The Kier molecular flexibility index (Phi) is 4.38. The number of amides is 1. The number of nitrogens with one attached hydrogen (secondary N) is 2. The van der Waals surface area contributed by atoms with E-state index in [9.17, 15) is 14.4 Å². The van der Waals surface area contributed by atoms with Crippen molar-refractivity contribution in [1.82, 2.24) is 9.55 Å². The molecule has 3 rings (SSSR count). The molecule has 2 N–H and O–H groups in total. The van der Waals surface area contributed by atoms with E-state index in [2.05, 4.69) is 10.3 Å². The van der Waals surface area contributed by atoms with Crippen molar-refractivity contribution in [1.29, 1.82) is 0 Å². The molecule has 0 aliphatic heterocycles. The number of aromatic amines is 1. The van der Waals surface area contributed by atoms with E-state index in [1.54, 1.807) is 18.2 Å². The lowest BCUT2D eigenvalue weighted by atomic mass is 10.1. The van der Waals surface area contributed by atoms with Crippen molar-refractivity contribution in [2.45, 2.75) is 20.4 Å². The van der Waals surface area contributed by atoms with Crippen LogP contribution in [0.4, 0.5) is 5.69 Å². The maximum absolute atomic E-state index is 12.5. The van der Waals surface area contributed by atoms with E-state index >= 15 is 0 Å². The lowest BCUT2D eigenvalue weighted by Gasteiger charge is -2.10. The molecule has 1 amide bonds. The van der Waals surface area contributed by atoms with Crippen LogP contribution in [0.2, 0.25) is 0 Å². The summed E-state index contributed by atoms with van der Waals surface area (Å²) in [6.07, 6.45) is 2.58. The standard InChI is InChI=1S/C18H17N3O4/c1-11-5-3-7-15(12(11)2)20-16(22)14-9-19-18(24)21(17(14)23)10-13-6-4-8-25-13/h3-9H,10H2,1-2H3,(H,19,24)(H,20,22). The number of carbonyl (C=O) groups is 1. The Bertz CT molecular complexity index is 1030. The van der Waals surface area contributed by atoms with Crippen molar-refractivity contribution in [3.05, 3.63) is 86.1 Å². The van der Waals surface area contributed by atoms with Crippen LogP contribution in [0.3, 0.4) is 0 Å². The number of carbonyl (C=O) groups excluding carboxylic acids is 1. The topological polar surface area (TPSA) is 97.1 Å². The van der Waals surface area contributed by atoms with Crippen molar-refractivity contribution >= 4 is 11.6 Å². The van der Waals surface area contributed by atoms with Gasteiger partial charge in [0, 0.05) is 11.9 Å². The first kappa shape index (κ1) is 16.5. The third-order valence-electron chi connectivity index (χ3n) is 4.05. The predicted octanol–water partition coefficient (Wildman–Crippen LogP) is 2.05. The molecular formula is C18H17N3O4. The fraction of sp³-hybridized carbons (Fsp3) is 0.167. The highest BCUT2D eigenvalue weighted by molar-refractivity contribution is 6.04. The maximum Gasteiger partial charge on any atom is 0.328 e. The molecular weight excluding hydrogens is 322 g/mol. The minimum Gasteiger partial charge on any atom is -0.467 e.